The molecule has 0 bridgehead atoms. The standard InChI is InChI=1S/C17H20N6/c1-12-2-3-14-15(10-12)22-17-20-11-21-23(17)16(14)19-9-6-13-4-7-18-8-5-13/h4-5,7-8,11-12,19H,2-3,6,9-10H2,1H3. The third-order valence-corrected chi connectivity index (χ3v) is 4.50. The zero-order chi connectivity index (χ0) is 15.6. The van der Waals surface area contributed by atoms with Crippen molar-refractivity contribution in [3.8, 4) is 0 Å². The summed E-state index contributed by atoms with van der Waals surface area (Å²) >= 11 is 0. The first kappa shape index (κ1) is 14.1. The van der Waals surface area contributed by atoms with Crippen molar-refractivity contribution in [2.24, 2.45) is 5.92 Å². The van der Waals surface area contributed by atoms with Gasteiger partial charge in [0.15, 0.2) is 0 Å². The van der Waals surface area contributed by atoms with E-state index in [0.717, 1.165) is 31.6 Å². The van der Waals surface area contributed by atoms with E-state index in [2.05, 4.69) is 39.4 Å². The van der Waals surface area contributed by atoms with E-state index in [-0.39, 0.29) is 0 Å². The molecule has 23 heavy (non-hydrogen) atoms. The van der Waals surface area contributed by atoms with Gasteiger partial charge in [0.1, 0.15) is 12.1 Å². The fraction of sp³-hybridized carbons (Fsp3) is 0.412. The molecule has 1 aliphatic rings. The van der Waals surface area contributed by atoms with Crippen LogP contribution in [0.1, 0.15) is 30.2 Å². The quantitative estimate of drug-likeness (QED) is 0.801. The number of pyridine rings is 1. The average molecular weight is 308 g/mol. The van der Waals surface area contributed by atoms with E-state index in [1.165, 1.54) is 23.2 Å². The highest BCUT2D eigenvalue weighted by Crippen LogP contribution is 2.29. The maximum atomic E-state index is 4.69. The van der Waals surface area contributed by atoms with Gasteiger partial charge in [0.2, 0.25) is 0 Å². The van der Waals surface area contributed by atoms with Crippen molar-refractivity contribution in [2.75, 3.05) is 11.9 Å². The highest BCUT2D eigenvalue weighted by atomic mass is 15.4. The molecule has 1 unspecified atom stereocenters. The monoisotopic (exact) mass is 308 g/mol. The Balaban J connectivity index is 1.61. The Morgan fingerprint density at radius 3 is 3.04 bits per heavy atom. The number of rotatable bonds is 4. The van der Waals surface area contributed by atoms with Crippen LogP contribution in [0.2, 0.25) is 0 Å². The lowest BCUT2D eigenvalue weighted by molar-refractivity contribution is 0.491. The molecular formula is C17H20N6. The van der Waals surface area contributed by atoms with Crippen LogP contribution in [-0.4, -0.2) is 31.1 Å². The van der Waals surface area contributed by atoms with E-state index in [1.807, 2.05) is 16.9 Å². The van der Waals surface area contributed by atoms with Gasteiger partial charge in [-0.3, -0.25) is 4.98 Å². The molecule has 6 heteroatoms. The largest absolute Gasteiger partial charge is 0.369 e. The number of hydrogen-bond donors (Lipinski definition) is 1. The van der Waals surface area contributed by atoms with Gasteiger partial charge in [-0.2, -0.15) is 14.6 Å². The van der Waals surface area contributed by atoms with Crippen molar-refractivity contribution >= 4 is 11.6 Å². The molecule has 1 atom stereocenters. The minimum absolute atomic E-state index is 0.685. The maximum Gasteiger partial charge on any atom is 0.254 e. The summed E-state index contributed by atoms with van der Waals surface area (Å²) in [6.07, 6.45) is 9.47. The molecule has 1 N–H and O–H groups in total. The van der Waals surface area contributed by atoms with Crippen LogP contribution in [0.15, 0.2) is 30.9 Å². The van der Waals surface area contributed by atoms with Crippen LogP contribution in [0.25, 0.3) is 5.78 Å². The molecule has 0 aliphatic heterocycles. The first-order valence-electron chi connectivity index (χ1n) is 8.15. The van der Waals surface area contributed by atoms with E-state index in [4.69, 9.17) is 4.98 Å². The summed E-state index contributed by atoms with van der Waals surface area (Å²) in [4.78, 5) is 13.0. The number of nitrogens with zero attached hydrogens (tertiary/aromatic N) is 5. The summed E-state index contributed by atoms with van der Waals surface area (Å²) in [5.74, 6) is 2.43. The second kappa shape index (κ2) is 5.95. The molecule has 0 amide bonds. The van der Waals surface area contributed by atoms with E-state index in [0.29, 0.717) is 11.7 Å². The predicted molar refractivity (Wildman–Crippen MR) is 88.4 cm³/mol. The molecule has 0 saturated heterocycles. The number of hydrogen-bond acceptors (Lipinski definition) is 5. The number of fused-ring (bicyclic) bond motifs is 2. The molecule has 1 aliphatic carbocycles. The van der Waals surface area contributed by atoms with Crippen LogP contribution < -0.4 is 5.32 Å². The van der Waals surface area contributed by atoms with Gasteiger partial charge < -0.3 is 5.32 Å². The zero-order valence-electron chi connectivity index (χ0n) is 13.2. The second-order valence-electron chi connectivity index (χ2n) is 6.24. The van der Waals surface area contributed by atoms with Crippen molar-refractivity contribution in [1.29, 1.82) is 0 Å². The van der Waals surface area contributed by atoms with Gasteiger partial charge in [0.05, 0.1) is 5.69 Å². The second-order valence-corrected chi connectivity index (χ2v) is 6.24. The van der Waals surface area contributed by atoms with Gasteiger partial charge in [-0.05, 0) is 49.3 Å². The first-order valence-corrected chi connectivity index (χ1v) is 8.15. The summed E-state index contributed by atoms with van der Waals surface area (Å²) in [5, 5.41) is 7.91. The molecule has 0 fully saturated rings. The molecule has 0 saturated carbocycles. The van der Waals surface area contributed by atoms with Crippen molar-refractivity contribution < 1.29 is 0 Å². The molecule has 0 radical (unpaired) electrons. The SMILES string of the molecule is CC1CCc2c(nc3ncnn3c2NCCc2ccncc2)C1. The Morgan fingerprint density at radius 2 is 2.17 bits per heavy atom. The van der Waals surface area contributed by atoms with Crippen molar-refractivity contribution in [1.82, 2.24) is 24.6 Å². The summed E-state index contributed by atoms with van der Waals surface area (Å²) in [6.45, 7) is 3.14. The molecule has 3 aromatic heterocycles. The van der Waals surface area contributed by atoms with Gasteiger partial charge in [-0.15, -0.1) is 0 Å². The van der Waals surface area contributed by atoms with Gasteiger partial charge in [-0.1, -0.05) is 6.92 Å². The third-order valence-electron chi connectivity index (χ3n) is 4.50. The predicted octanol–water partition coefficient (Wildman–Crippen LogP) is 2.30. The minimum atomic E-state index is 0.685. The molecule has 0 spiro atoms. The fourth-order valence-electron chi connectivity index (χ4n) is 3.23. The Hall–Kier alpha value is -2.50. The summed E-state index contributed by atoms with van der Waals surface area (Å²) in [7, 11) is 0. The van der Waals surface area contributed by atoms with E-state index < -0.39 is 0 Å². The Labute approximate surface area is 135 Å². The molecule has 4 rings (SSSR count). The van der Waals surface area contributed by atoms with Crippen LogP contribution in [-0.2, 0) is 19.3 Å². The number of aromatic nitrogens is 5. The van der Waals surface area contributed by atoms with E-state index >= 15 is 0 Å². The van der Waals surface area contributed by atoms with Crippen LogP contribution >= 0.6 is 0 Å². The lowest BCUT2D eigenvalue weighted by Crippen LogP contribution is -2.20. The molecule has 0 aromatic carbocycles. The zero-order valence-corrected chi connectivity index (χ0v) is 13.2. The highest BCUT2D eigenvalue weighted by Gasteiger charge is 2.22. The normalized spacial score (nSPS) is 17.2. The Kier molecular flexibility index (Phi) is 3.65. The Bertz CT molecular complexity index is 811. The van der Waals surface area contributed by atoms with Gasteiger partial charge in [0, 0.05) is 24.5 Å². The summed E-state index contributed by atoms with van der Waals surface area (Å²) < 4.78 is 1.83. The van der Waals surface area contributed by atoms with Crippen LogP contribution in [0.4, 0.5) is 5.82 Å². The number of anilines is 1. The first-order chi connectivity index (χ1) is 11.3. The summed E-state index contributed by atoms with van der Waals surface area (Å²) in [5.41, 5.74) is 3.75. The van der Waals surface area contributed by atoms with E-state index in [1.54, 1.807) is 6.33 Å². The Morgan fingerprint density at radius 1 is 1.30 bits per heavy atom. The van der Waals surface area contributed by atoms with Crippen LogP contribution in [0.5, 0.6) is 0 Å². The lowest BCUT2D eigenvalue weighted by atomic mass is 9.88. The average Bonchev–Trinajstić information content (AvgIpc) is 3.03. The molecule has 3 aromatic rings. The maximum absolute atomic E-state index is 4.69. The van der Waals surface area contributed by atoms with Gasteiger partial charge >= 0.3 is 0 Å². The van der Waals surface area contributed by atoms with Crippen LogP contribution in [0.3, 0.4) is 0 Å². The topological polar surface area (TPSA) is 68.0 Å². The molecule has 6 nitrogen and oxygen atoms in total. The fourth-order valence-corrected chi connectivity index (χ4v) is 3.23. The van der Waals surface area contributed by atoms with E-state index in [9.17, 15) is 0 Å². The molecule has 118 valence electrons. The van der Waals surface area contributed by atoms with Crippen molar-refractivity contribution in [3.05, 3.63) is 47.7 Å². The lowest BCUT2D eigenvalue weighted by Gasteiger charge is -2.23. The molecular weight excluding hydrogens is 288 g/mol. The van der Waals surface area contributed by atoms with Gasteiger partial charge in [0.25, 0.3) is 5.78 Å². The smallest absolute Gasteiger partial charge is 0.254 e. The van der Waals surface area contributed by atoms with Crippen molar-refractivity contribution in [3.63, 3.8) is 0 Å². The van der Waals surface area contributed by atoms with Crippen LogP contribution in [0, 0.1) is 5.92 Å². The van der Waals surface area contributed by atoms with Crippen molar-refractivity contribution in [2.45, 2.75) is 32.6 Å². The minimum Gasteiger partial charge on any atom is -0.369 e. The molecule has 3 heterocycles. The highest BCUT2D eigenvalue weighted by molar-refractivity contribution is 5.53. The van der Waals surface area contributed by atoms with Gasteiger partial charge in [-0.25, -0.2) is 4.98 Å². The third kappa shape index (κ3) is 2.76. The number of nitrogens with one attached hydrogen (secondary N) is 1. The summed E-state index contributed by atoms with van der Waals surface area (Å²) in [6, 6.07) is 4.10.